The van der Waals surface area contributed by atoms with Crippen molar-refractivity contribution in [3.8, 4) is 0 Å². The van der Waals surface area contributed by atoms with Crippen molar-refractivity contribution in [2.45, 2.75) is 44.4 Å². The van der Waals surface area contributed by atoms with E-state index >= 15 is 0 Å². The first-order valence-electron chi connectivity index (χ1n) is 5.20. The summed E-state index contributed by atoms with van der Waals surface area (Å²) in [4.78, 5) is 23.9. The van der Waals surface area contributed by atoms with Crippen molar-refractivity contribution < 1.29 is 19.8 Å². The van der Waals surface area contributed by atoms with Crippen LogP contribution in [0.1, 0.15) is 26.7 Å². The lowest BCUT2D eigenvalue weighted by Crippen LogP contribution is -2.45. The summed E-state index contributed by atoms with van der Waals surface area (Å²) >= 11 is 0. The van der Waals surface area contributed by atoms with Crippen LogP contribution in [0.25, 0.3) is 0 Å². The van der Waals surface area contributed by atoms with E-state index in [4.69, 9.17) is 10.8 Å². The number of carboxylic acids is 1. The molecule has 0 aromatic carbocycles. The average molecular weight is 230 g/mol. The number of amides is 1. The van der Waals surface area contributed by atoms with Crippen LogP contribution in [0.3, 0.4) is 0 Å². The minimum absolute atomic E-state index is 0.0729. The maximum absolute atomic E-state index is 11.8. The van der Waals surface area contributed by atoms with E-state index in [1.165, 1.54) is 4.90 Å². The smallest absolute Gasteiger partial charge is 0.326 e. The number of nitrogens with two attached hydrogens (primary N) is 1. The topological polar surface area (TPSA) is 104 Å². The van der Waals surface area contributed by atoms with E-state index in [1.54, 1.807) is 13.8 Å². The van der Waals surface area contributed by atoms with Crippen molar-refractivity contribution >= 4 is 11.9 Å². The fraction of sp³-hybridized carbons (Fsp3) is 0.800. The predicted molar refractivity (Wildman–Crippen MR) is 56.6 cm³/mol. The maximum atomic E-state index is 11.8. The first kappa shape index (κ1) is 12.9. The second kappa shape index (κ2) is 4.39. The van der Waals surface area contributed by atoms with E-state index in [9.17, 15) is 14.7 Å². The molecule has 2 atom stereocenters. The molecule has 1 heterocycles. The molecule has 0 bridgehead atoms. The molecule has 0 aromatic heterocycles. The molecule has 0 spiro atoms. The Hall–Kier alpha value is -1.14. The molecule has 0 radical (unpaired) electrons. The standard InChI is InChI=1S/C10H18N2O4/c1-10(2,11)4-8(14)12-5-6(13)3-7(12)9(15)16/h6-7,13H,3-5,11H2,1-2H3,(H,15,16)/t6-,7-/m1/s1. The third-order valence-electron chi connectivity index (χ3n) is 2.49. The van der Waals surface area contributed by atoms with E-state index in [0.717, 1.165) is 0 Å². The monoisotopic (exact) mass is 230 g/mol. The van der Waals surface area contributed by atoms with Gasteiger partial charge in [-0.2, -0.15) is 0 Å². The van der Waals surface area contributed by atoms with E-state index in [-0.39, 0.29) is 25.3 Å². The van der Waals surface area contributed by atoms with E-state index < -0.39 is 23.7 Å². The lowest BCUT2D eigenvalue weighted by molar-refractivity contribution is -0.148. The summed E-state index contributed by atoms with van der Waals surface area (Å²) in [6.07, 6.45) is -0.596. The Morgan fingerprint density at radius 2 is 2.06 bits per heavy atom. The number of aliphatic hydroxyl groups excluding tert-OH is 1. The van der Waals surface area contributed by atoms with Crippen LogP contribution in [0, 0.1) is 0 Å². The van der Waals surface area contributed by atoms with Crippen LogP contribution in [0.2, 0.25) is 0 Å². The van der Waals surface area contributed by atoms with Gasteiger partial charge in [0.05, 0.1) is 6.10 Å². The zero-order valence-corrected chi connectivity index (χ0v) is 9.51. The summed E-state index contributed by atoms with van der Waals surface area (Å²) in [5, 5.41) is 18.3. The number of nitrogens with zero attached hydrogens (tertiary/aromatic N) is 1. The number of carboxylic acid groups (broad SMARTS) is 1. The Bertz CT molecular complexity index is 298. The molecule has 92 valence electrons. The van der Waals surface area contributed by atoms with Gasteiger partial charge in [-0.05, 0) is 13.8 Å². The number of β-amino-alcohol motifs (C(OH)–C–C–N with tert-alkyl or cyclic N) is 1. The fourth-order valence-corrected chi connectivity index (χ4v) is 1.81. The van der Waals surface area contributed by atoms with Crippen LogP contribution in [0.4, 0.5) is 0 Å². The summed E-state index contributed by atoms with van der Waals surface area (Å²) in [6, 6.07) is -0.926. The van der Waals surface area contributed by atoms with Gasteiger partial charge in [-0.15, -0.1) is 0 Å². The first-order chi connectivity index (χ1) is 7.20. The van der Waals surface area contributed by atoms with Gasteiger partial charge in [-0.1, -0.05) is 0 Å². The summed E-state index contributed by atoms with van der Waals surface area (Å²) in [6.45, 7) is 3.48. The Morgan fingerprint density at radius 3 is 2.50 bits per heavy atom. The molecule has 1 rings (SSSR count). The highest BCUT2D eigenvalue weighted by atomic mass is 16.4. The molecule has 1 amide bonds. The van der Waals surface area contributed by atoms with Gasteiger partial charge in [0.25, 0.3) is 0 Å². The molecule has 6 nitrogen and oxygen atoms in total. The largest absolute Gasteiger partial charge is 0.480 e. The summed E-state index contributed by atoms with van der Waals surface area (Å²) < 4.78 is 0. The van der Waals surface area contributed by atoms with Gasteiger partial charge in [0.15, 0.2) is 0 Å². The van der Waals surface area contributed by atoms with Gasteiger partial charge in [0.1, 0.15) is 6.04 Å². The molecule has 4 N–H and O–H groups in total. The van der Waals surface area contributed by atoms with Crippen LogP contribution in [-0.2, 0) is 9.59 Å². The molecule has 0 aromatic rings. The molecule has 0 saturated carbocycles. The summed E-state index contributed by atoms with van der Waals surface area (Å²) in [5.74, 6) is -1.41. The zero-order chi connectivity index (χ0) is 12.5. The SMILES string of the molecule is CC(C)(N)CC(=O)N1C[C@H](O)C[C@@H]1C(=O)O. The van der Waals surface area contributed by atoms with Crippen LogP contribution in [0.5, 0.6) is 0 Å². The number of hydrogen-bond acceptors (Lipinski definition) is 4. The van der Waals surface area contributed by atoms with Crippen molar-refractivity contribution in [3.63, 3.8) is 0 Å². The number of likely N-dealkylation sites (tertiary alicyclic amines) is 1. The number of aliphatic hydroxyl groups is 1. The lowest BCUT2D eigenvalue weighted by atomic mass is 10.0. The second-order valence-corrected chi connectivity index (χ2v) is 4.96. The molecule has 1 fully saturated rings. The first-order valence-corrected chi connectivity index (χ1v) is 5.20. The predicted octanol–water partition coefficient (Wildman–Crippen LogP) is -0.840. The normalized spacial score (nSPS) is 25.9. The third-order valence-corrected chi connectivity index (χ3v) is 2.49. The van der Waals surface area contributed by atoms with Gasteiger partial charge >= 0.3 is 5.97 Å². The van der Waals surface area contributed by atoms with Crippen molar-refractivity contribution in [1.82, 2.24) is 4.90 Å². The Morgan fingerprint density at radius 1 is 1.50 bits per heavy atom. The third kappa shape index (κ3) is 3.18. The van der Waals surface area contributed by atoms with Crippen molar-refractivity contribution in [1.29, 1.82) is 0 Å². The molecule has 1 aliphatic rings. The average Bonchev–Trinajstić information content (AvgIpc) is 2.44. The van der Waals surface area contributed by atoms with Gasteiger partial charge in [0, 0.05) is 24.9 Å². The van der Waals surface area contributed by atoms with E-state index in [1.807, 2.05) is 0 Å². The summed E-state index contributed by atoms with van der Waals surface area (Å²) in [5.41, 5.74) is 5.03. The van der Waals surface area contributed by atoms with Crippen molar-refractivity contribution in [2.75, 3.05) is 6.54 Å². The molecular formula is C10H18N2O4. The number of rotatable bonds is 3. The molecular weight excluding hydrogens is 212 g/mol. The van der Waals surface area contributed by atoms with Gasteiger partial charge < -0.3 is 20.8 Å². The number of aliphatic carboxylic acids is 1. The molecule has 1 aliphatic heterocycles. The van der Waals surface area contributed by atoms with Crippen molar-refractivity contribution in [3.05, 3.63) is 0 Å². The number of carbonyl (C=O) groups is 2. The van der Waals surface area contributed by atoms with Crippen LogP contribution in [-0.4, -0.2) is 51.2 Å². The highest BCUT2D eigenvalue weighted by molar-refractivity contribution is 5.85. The highest BCUT2D eigenvalue weighted by Crippen LogP contribution is 2.20. The fourth-order valence-electron chi connectivity index (χ4n) is 1.81. The Labute approximate surface area is 94.0 Å². The maximum Gasteiger partial charge on any atom is 0.326 e. The summed E-state index contributed by atoms with van der Waals surface area (Å²) in [7, 11) is 0. The minimum atomic E-state index is -1.08. The van der Waals surface area contributed by atoms with Gasteiger partial charge in [-0.3, -0.25) is 4.79 Å². The number of hydrogen-bond donors (Lipinski definition) is 3. The van der Waals surface area contributed by atoms with Crippen LogP contribution < -0.4 is 5.73 Å². The van der Waals surface area contributed by atoms with E-state index in [2.05, 4.69) is 0 Å². The molecule has 0 unspecified atom stereocenters. The van der Waals surface area contributed by atoms with Crippen LogP contribution >= 0.6 is 0 Å². The van der Waals surface area contributed by atoms with Gasteiger partial charge in [-0.25, -0.2) is 4.79 Å². The Kier molecular flexibility index (Phi) is 3.54. The zero-order valence-electron chi connectivity index (χ0n) is 9.51. The quantitative estimate of drug-likeness (QED) is 0.586. The number of carbonyl (C=O) groups excluding carboxylic acids is 1. The van der Waals surface area contributed by atoms with Crippen LogP contribution in [0.15, 0.2) is 0 Å². The Balaban J connectivity index is 2.71. The lowest BCUT2D eigenvalue weighted by Gasteiger charge is -2.25. The molecule has 1 saturated heterocycles. The minimum Gasteiger partial charge on any atom is -0.480 e. The molecule has 0 aliphatic carbocycles. The second-order valence-electron chi connectivity index (χ2n) is 4.96. The molecule has 16 heavy (non-hydrogen) atoms. The van der Waals surface area contributed by atoms with Gasteiger partial charge in [0.2, 0.25) is 5.91 Å². The van der Waals surface area contributed by atoms with Crippen molar-refractivity contribution in [2.24, 2.45) is 5.73 Å². The van der Waals surface area contributed by atoms with E-state index in [0.29, 0.717) is 0 Å². The molecule has 6 heteroatoms. The highest BCUT2D eigenvalue weighted by Gasteiger charge is 2.39.